The quantitative estimate of drug-likeness (QED) is 0.689. The molecule has 3 rings (SSSR count). The molecule has 2 heterocycles. The number of nitrogens with zero attached hydrogens (tertiary/aromatic N) is 5. The number of hydrogen-bond acceptors (Lipinski definition) is 5. The Morgan fingerprint density at radius 2 is 1.85 bits per heavy atom. The summed E-state index contributed by atoms with van der Waals surface area (Å²) < 4.78 is 8.59. The third kappa shape index (κ3) is 4.20. The molecule has 1 amide bonds. The maximum Gasteiger partial charge on any atom is 0.309 e. The molecule has 1 aliphatic carbocycles. The van der Waals surface area contributed by atoms with Crippen molar-refractivity contribution in [1.82, 2.24) is 24.5 Å². The van der Waals surface area contributed by atoms with Gasteiger partial charge in [-0.25, -0.2) is 0 Å². The van der Waals surface area contributed by atoms with Crippen molar-refractivity contribution < 1.29 is 14.3 Å². The molecule has 0 radical (unpaired) electrons. The zero-order chi connectivity index (χ0) is 19.7. The molecule has 146 valence electrons. The third-order valence-corrected chi connectivity index (χ3v) is 5.10. The first-order valence-corrected chi connectivity index (χ1v) is 9.26. The second-order valence-corrected chi connectivity index (χ2v) is 7.24. The third-order valence-electron chi connectivity index (χ3n) is 5.10. The Morgan fingerprint density at radius 3 is 2.41 bits per heavy atom. The summed E-state index contributed by atoms with van der Waals surface area (Å²) in [6.45, 7) is 6.95. The zero-order valence-corrected chi connectivity index (χ0v) is 16.6. The normalized spacial score (nSPS) is 18.4. The van der Waals surface area contributed by atoms with Crippen molar-refractivity contribution in [3.8, 4) is 0 Å². The van der Waals surface area contributed by atoms with E-state index in [0.29, 0.717) is 25.4 Å². The standard InChI is InChI=1S/C19H27N5O3/c1-6-27-19(26)16-9-14(16)10-24(11-15-7-12(2)22(4)20-15)18(25)17-8-13(3)23(5)21-17/h7-8,14,16H,6,9-11H2,1-5H3/t14-,16+/m0/s1. The maximum absolute atomic E-state index is 13.1. The van der Waals surface area contributed by atoms with Crippen LogP contribution in [0.1, 0.15) is 40.9 Å². The average molecular weight is 373 g/mol. The monoisotopic (exact) mass is 373 g/mol. The van der Waals surface area contributed by atoms with Crippen molar-refractivity contribution >= 4 is 11.9 Å². The highest BCUT2D eigenvalue weighted by Crippen LogP contribution is 2.40. The van der Waals surface area contributed by atoms with Crippen molar-refractivity contribution in [2.45, 2.75) is 33.7 Å². The summed E-state index contributed by atoms with van der Waals surface area (Å²) in [7, 11) is 3.70. The fourth-order valence-electron chi connectivity index (χ4n) is 3.22. The minimum absolute atomic E-state index is 0.115. The van der Waals surface area contributed by atoms with Crippen molar-refractivity contribution in [3.63, 3.8) is 0 Å². The largest absolute Gasteiger partial charge is 0.466 e. The van der Waals surface area contributed by atoms with Crippen LogP contribution in [0.2, 0.25) is 0 Å². The Hall–Kier alpha value is -2.64. The second kappa shape index (κ2) is 7.54. The number of rotatable bonds is 7. The van der Waals surface area contributed by atoms with E-state index in [0.717, 1.165) is 23.5 Å². The Morgan fingerprint density at radius 1 is 1.19 bits per heavy atom. The fraction of sp³-hybridized carbons (Fsp3) is 0.579. The molecule has 1 saturated carbocycles. The molecule has 0 bridgehead atoms. The molecular weight excluding hydrogens is 346 g/mol. The average Bonchev–Trinajstić information content (AvgIpc) is 3.20. The fourth-order valence-corrected chi connectivity index (χ4v) is 3.22. The van der Waals surface area contributed by atoms with Crippen LogP contribution in [0.25, 0.3) is 0 Å². The zero-order valence-electron chi connectivity index (χ0n) is 16.6. The molecule has 2 atom stereocenters. The van der Waals surface area contributed by atoms with Crippen molar-refractivity contribution in [3.05, 3.63) is 34.9 Å². The molecule has 2 aromatic heterocycles. The van der Waals surface area contributed by atoms with Crippen LogP contribution < -0.4 is 0 Å². The number of esters is 1. The second-order valence-electron chi connectivity index (χ2n) is 7.24. The van der Waals surface area contributed by atoms with E-state index >= 15 is 0 Å². The molecule has 0 spiro atoms. The van der Waals surface area contributed by atoms with Crippen molar-refractivity contribution in [1.29, 1.82) is 0 Å². The Bertz CT molecular complexity index is 815. The summed E-state index contributed by atoms with van der Waals surface area (Å²) in [4.78, 5) is 26.7. The van der Waals surface area contributed by atoms with E-state index in [2.05, 4.69) is 10.2 Å². The smallest absolute Gasteiger partial charge is 0.309 e. The minimum atomic E-state index is -0.169. The highest BCUT2D eigenvalue weighted by Gasteiger charge is 2.45. The summed E-state index contributed by atoms with van der Waals surface area (Å²) in [5.74, 6) is -0.299. The lowest BCUT2D eigenvalue weighted by molar-refractivity contribution is -0.145. The molecule has 1 fully saturated rings. The lowest BCUT2D eigenvalue weighted by atomic mass is 10.2. The minimum Gasteiger partial charge on any atom is -0.466 e. The predicted octanol–water partition coefficient (Wildman–Crippen LogP) is 1.61. The van der Waals surface area contributed by atoms with Crippen LogP contribution in [0.5, 0.6) is 0 Å². The van der Waals surface area contributed by atoms with E-state index < -0.39 is 0 Å². The van der Waals surface area contributed by atoms with Gasteiger partial charge in [-0.2, -0.15) is 10.2 Å². The van der Waals surface area contributed by atoms with Crippen LogP contribution in [-0.2, 0) is 30.2 Å². The van der Waals surface area contributed by atoms with Gasteiger partial charge in [-0.05, 0) is 45.2 Å². The van der Waals surface area contributed by atoms with Crippen LogP contribution in [-0.4, -0.2) is 49.5 Å². The van der Waals surface area contributed by atoms with Gasteiger partial charge in [0.25, 0.3) is 5.91 Å². The van der Waals surface area contributed by atoms with Gasteiger partial charge in [0.1, 0.15) is 0 Å². The van der Waals surface area contributed by atoms with E-state index in [9.17, 15) is 9.59 Å². The van der Waals surface area contributed by atoms with Crippen molar-refractivity contribution in [2.24, 2.45) is 25.9 Å². The van der Waals surface area contributed by atoms with Gasteiger partial charge in [0.15, 0.2) is 5.69 Å². The van der Waals surface area contributed by atoms with Gasteiger partial charge in [0.05, 0.1) is 24.8 Å². The Labute approximate surface area is 159 Å². The predicted molar refractivity (Wildman–Crippen MR) is 98.9 cm³/mol. The van der Waals surface area contributed by atoms with Gasteiger partial charge in [-0.1, -0.05) is 0 Å². The van der Waals surface area contributed by atoms with Crippen LogP contribution in [0.4, 0.5) is 0 Å². The number of aromatic nitrogens is 4. The number of aryl methyl sites for hydroxylation is 4. The molecule has 0 unspecified atom stereocenters. The highest BCUT2D eigenvalue weighted by molar-refractivity contribution is 5.92. The van der Waals surface area contributed by atoms with Gasteiger partial charge >= 0.3 is 5.97 Å². The van der Waals surface area contributed by atoms with Crippen LogP contribution in [0.3, 0.4) is 0 Å². The Kier molecular flexibility index (Phi) is 5.34. The summed E-state index contributed by atoms with van der Waals surface area (Å²) in [6, 6.07) is 3.76. The van der Waals surface area contributed by atoms with Gasteiger partial charge in [-0.15, -0.1) is 0 Å². The lowest BCUT2D eigenvalue weighted by Gasteiger charge is -2.21. The molecule has 8 nitrogen and oxygen atoms in total. The molecule has 0 aromatic carbocycles. The van der Waals surface area contributed by atoms with Gasteiger partial charge in [0.2, 0.25) is 0 Å². The van der Waals surface area contributed by atoms with E-state index in [-0.39, 0.29) is 23.7 Å². The van der Waals surface area contributed by atoms with Gasteiger partial charge < -0.3 is 9.64 Å². The number of ether oxygens (including phenoxy) is 1. The molecule has 2 aromatic rings. The first-order chi connectivity index (χ1) is 12.8. The van der Waals surface area contributed by atoms with Crippen LogP contribution in [0.15, 0.2) is 12.1 Å². The molecule has 0 aliphatic heterocycles. The summed E-state index contributed by atoms with van der Waals surface area (Å²) in [6.07, 6.45) is 0.755. The number of carbonyl (C=O) groups is 2. The number of hydrogen-bond donors (Lipinski definition) is 0. The first kappa shape index (κ1) is 19.1. The van der Waals surface area contributed by atoms with E-state index in [1.54, 1.807) is 27.3 Å². The maximum atomic E-state index is 13.1. The molecule has 0 saturated heterocycles. The first-order valence-electron chi connectivity index (χ1n) is 9.26. The number of carbonyl (C=O) groups excluding carboxylic acids is 2. The highest BCUT2D eigenvalue weighted by atomic mass is 16.5. The Balaban J connectivity index is 1.76. The molecule has 1 aliphatic rings. The lowest BCUT2D eigenvalue weighted by Crippen LogP contribution is -2.33. The van der Waals surface area contributed by atoms with Gasteiger partial charge in [0, 0.05) is 32.0 Å². The van der Waals surface area contributed by atoms with Crippen LogP contribution in [0, 0.1) is 25.7 Å². The SMILES string of the molecule is CCOC(=O)[C@@H]1C[C@H]1CN(Cc1cc(C)n(C)n1)C(=O)c1cc(C)n(C)n1. The molecule has 8 heteroatoms. The molecule has 0 N–H and O–H groups in total. The molecular formula is C19H27N5O3. The van der Waals surface area contributed by atoms with Crippen LogP contribution >= 0.6 is 0 Å². The number of amides is 1. The summed E-state index contributed by atoms with van der Waals surface area (Å²) >= 11 is 0. The summed E-state index contributed by atoms with van der Waals surface area (Å²) in [5.41, 5.74) is 3.19. The summed E-state index contributed by atoms with van der Waals surface area (Å²) in [5, 5.41) is 8.78. The molecule has 27 heavy (non-hydrogen) atoms. The van der Waals surface area contributed by atoms with Crippen molar-refractivity contribution in [2.75, 3.05) is 13.2 Å². The topological polar surface area (TPSA) is 82.3 Å². The van der Waals surface area contributed by atoms with E-state index in [1.807, 2.05) is 34.0 Å². The van der Waals surface area contributed by atoms with Gasteiger partial charge in [-0.3, -0.25) is 19.0 Å². The van der Waals surface area contributed by atoms with E-state index in [4.69, 9.17) is 4.74 Å². The van der Waals surface area contributed by atoms with E-state index in [1.165, 1.54) is 0 Å².